The van der Waals surface area contributed by atoms with Crippen molar-refractivity contribution in [3.8, 4) is 0 Å². The fourth-order valence-electron chi connectivity index (χ4n) is 1.92. The van der Waals surface area contributed by atoms with Crippen molar-refractivity contribution in [3.63, 3.8) is 0 Å². The molecule has 0 unspecified atom stereocenters. The highest BCUT2D eigenvalue weighted by Gasteiger charge is 2.20. The SMILES string of the molecule is C=C(F)[C@@H](CCOCP(=O)(O)O)n1cnc2c(N)ncnc21. The van der Waals surface area contributed by atoms with Gasteiger partial charge in [0.05, 0.1) is 12.4 Å². The summed E-state index contributed by atoms with van der Waals surface area (Å²) in [6.45, 7) is 3.20. The third-order valence-corrected chi connectivity index (χ3v) is 3.40. The second kappa shape index (κ2) is 6.49. The van der Waals surface area contributed by atoms with Crippen LogP contribution in [0.3, 0.4) is 0 Å². The van der Waals surface area contributed by atoms with E-state index in [2.05, 4.69) is 21.5 Å². The van der Waals surface area contributed by atoms with Crippen molar-refractivity contribution in [1.82, 2.24) is 19.5 Å². The Morgan fingerprint density at radius 3 is 2.86 bits per heavy atom. The first kappa shape index (κ1) is 16.5. The van der Waals surface area contributed by atoms with Gasteiger partial charge in [-0.3, -0.25) is 4.57 Å². The molecule has 0 amide bonds. The zero-order valence-corrected chi connectivity index (χ0v) is 12.4. The van der Waals surface area contributed by atoms with E-state index in [-0.39, 0.29) is 18.8 Å². The van der Waals surface area contributed by atoms with Crippen molar-refractivity contribution in [2.24, 2.45) is 0 Å². The number of ether oxygens (including phenoxy) is 1. The Balaban J connectivity index is 2.15. The molecule has 0 saturated carbocycles. The van der Waals surface area contributed by atoms with Crippen LogP contribution in [0.1, 0.15) is 12.5 Å². The third kappa shape index (κ3) is 3.86. The summed E-state index contributed by atoms with van der Waals surface area (Å²) in [4.78, 5) is 29.2. The molecule has 2 aromatic rings. The van der Waals surface area contributed by atoms with Gasteiger partial charge in [-0.25, -0.2) is 19.3 Å². The number of aromatic nitrogens is 4. The number of fused-ring (bicyclic) bond motifs is 1. The minimum Gasteiger partial charge on any atom is -0.382 e. The summed E-state index contributed by atoms with van der Waals surface area (Å²) >= 11 is 0. The first-order valence-corrected chi connectivity index (χ1v) is 7.99. The van der Waals surface area contributed by atoms with Crippen LogP contribution < -0.4 is 5.73 Å². The lowest BCUT2D eigenvalue weighted by Crippen LogP contribution is -2.12. The van der Waals surface area contributed by atoms with Gasteiger partial charge in [-0.15, -0.1) is 0 Å². The van der Waals surface area contributed by atoms with E-state index in [4.69, 9.17) is 20.3 Å². The molecular formula is C11H15FN5O4P. The van der Waals surface area contributed by atoms with Gasteiger partial charge in [0, 0.05) is 6.61 Å². The summed E-state index contributed by atoms with van der Waals surface area (Å²) in [5.41, 5.74) is 6.34. The maximum atomic E-state index is 13.7. The zero-order valence-electron chi connectivity index (χ0n) is 11.5. The van der Waals surface area contributed by atoms with Gasteiger partial charge in [-0.2, -0.15) is 0 Å². The highest BCUT2D eigenvalue weighted by Crippen LogP contribution is 2.34. The van der Waals surface area contributed by atoms with Gasteiger partial charge in [-0.1, -0.05) is 6.58 Å². The molecule has 120 valence electrons. The lowest BCUT2D eigenvalue weighted by molar-refractivity contribution is 0.144. The van der Waals surface area contributed by atoms with Gasteiger partial charge in [0.25, 0.3) is 0 Å². The fraction of sp³-hybridized carbons (Fsp3) is 0.364. The Labute approximate surface area is 124 Å². The molecular weight excluding hydrogens is 316 g/mol. The number of rotatable bonds is 7. The molecule has 0 aliphatic carbocycles. The minimum atomic E-state index is -4.25. The van der Waals surface area contributed by atoms with Crippen molar-refractivity contribution in [2.45, 2.75) is 12.5 Å². The summed E-state index contributed by atoms with van der Waals surface area (Å²) in [7, 11) is -4.25. The van der Waals surface area contributed by atoms with Crippen LogP contribution in [0, 0.1) is 0 Å². The van der Waals surface area contributed by atoms with E-state index in [0.717, 1.165) is 0 Å². The number of allylic oxidation sites excluding steroid dienone is 1. The van der Waals surface area contributed by atoms with Gasteiger partial charge in [0.2, 0.25) is 0 Å². The molecule has 0 spiro atoms. The van der Waals surface area contributed by atoms with Crippen molar-refractivity contribution in [1.29, 1.82) is 0 Å². The van der Waals surface area contributed by atoms with E-state index in [1.807, 2.05) is 0 Å². The summed E-state index contributed by atoms with van der Waals surface area (Å²) in [5.74, 6) is -0.485. The normalized spacial score (nSPS) is 13.4. The number of nitrogens with zero attached hydrogens (tertiary/aromatic N) is 4. The molecule has 0 saturated heterocycles. The van der Waals surface area contributed by atoms with Crippen LogP contribution in [0.15, 0.2) is 25.1 Å². The highest BCUT2D eigenvalue weighted by molar-refractivity contribution is 7.51. The fourth-order valence-corrected chi connectivity index (χ4v) is 2.29. The van der Waals surface area contributed by atoms with Crippen molar-refractivity contribution < 1.29 is 23.5 Å². The van der Waals surface area contributed by atoms with Crippen LogP contribution in [0.4, 0.5) is 10.2 Å². The topological polar surface area (TPSA) is 136 Å². The molecule has 11 heteroatoms. The average Bonchev–Trinajstić information content (AvgIpc) is 2.82. The van der Waals surface area contributed by atoms with E-state index in [9.17, 15) is 8.96 Å². The van der Waals surface area contributed by atoms with Gasteiger partial charge in [0.15, 0.2) is 11.5 Å². The highest BCUT2D eigenvalue weighted by atomic mass is 31.2. The maximum Gasteiger partial charge on any atom is 0.350 e. The monoisotopic (exact) mass is 331 g/mol. The largest absolute Gasteiger partial charge is 0.382 e. The Bertz CT molecular complexity index is 730. The van der Waals surface area contributed by atoms with E-state index in [0.29, 0.717) is 11.2 Å². The molecule has 1 atom stereocenters. The second-order valence-corrected chi connectivity index (χ2v) is 6.12. The molecule has 4 N–H and O–H groups in total. The van der Waals surface area contributed by atoms with Crippen LogP contribution in [-0.2, 0) is 9.30 Å². The first-order valence-electron chi connectivity index (χ1n) is 6.19. The van der Waals surface area contributed by atoms with Crippen molar-refractivity contribution in [3.05, 3.63) is 25.1 Å². The Kier molecular flexibility index (Phi) is 4.87. The van der Waals surface area contributed by atoms with Crippen molar-refractivity contribution in [2.75, 3.05) is 18.7 Å². The molecule has 0 fully saturated rings. The molecule has 0 aliphatic rings. The predicted molar refractivity (Wildman–Crippen MR) is 76.5 cm³/mol. The third-order valence-electron chi connectivity index (χ3n) is 2.88. The predicted octanol–water partition coefficient (Wildman–Crippen LogP) is 0.975. The Hall–Kier alpha value is -1.87. The number of nitrogen functional groups attached to an aromatic ring is 1. The molecule has 2 heterocycles. The number of imidazole rings is 1. The summed E-state index contributed by atoms with van der Waals surface area (Å²) in [6.07, 6.45) is 1.97. The van der Waals surface area contributed by atoms with Gasteiger partial charge < -0.3 is 24.8 Å². The number of nitrogens with two attached hydrogens (primary N) is 1. The van der Waals surface area contributed by atoms with Crippen LogP contribution >= 0.6 is 7.60 Å². The molecule has 0 radical (unpaired) electrons. The summed E-state index contributed by atoms with van der Waals surface area (Å²) < 4.78 is 30.7. The minimum absolute atomic E-state index is 0.0705. The number of anilines is 1. The quantitative estimate of drug-likeness (QED) is 0.504. The standard InChI is InChI=1S/C11H15FN5O4P/c1-7(12)8(2-3-21-6-22(18,19)20)17-5-16-9-10(13)14-4-15-11(9)17/h4-5,8H,1-3,6H2,(H2,13,14,15)(H2,18,19,20)/t8-/m1/s1. The summed E-state index contributed by atoms with van der Waals surface area (Å²) in [6, 6.07) is -0.837. The number of hydrogen-bond donors (Lipinski definition) is 3. The zero-order chi connectivity index (χ0) is 16.3. The molecule has 2 aromatic heterocycles. The van der Waals surface area contributed by atoms with E-state index < -0.39 is 25.8 Å². The second-order valence-electron chi connectivity index (χ2n) is 4.54. The molecule has 0 aromatic carbocycles. The Morgan fingerprint density at radius 2 is 2.23 bits per heavy atom. The van der Waals surface area contributed by atoms with Crippen LogP contribution in [-0.4, -0.2) is 42.3 Å². The van der Waals surface area contributed by atoms with Gasteiger partial charge in [0.1, 0.15) is 24.0 Å². The average molecular weight is 331 g/mol. The van der Waals surface area contributed by atoms with Crippen LogP contribution in [0.2, 0.25) is 0 Å². The van der Waals surface area contributed by atoms with Crippen molar-refractivity contribution >= 4 is 24.6 Å². The van der Waals surface area contributed by atoms with Crippen LogP contribution in [0.5, 0.6) is 0 Å². The first-order chi connectivity index (χ1) is 10.3. The summed E-state index contributed by atoms with van der Waals surface area (Å²) in [5, 5.41) is 0. The number of hydrogen-bond acceptors (Lipinski definition) is 6. The van der Waals surface area contributed by atoms with E-state index in [1.54, 1.807) is 0 Å². The smallest absolute Gasteiger partial charge is 0.350 e. The van der Waals surface area contributed by atoms with Gasteiger partial charge in [-0.05, 0) is 6.42 Å². The Morgan fingerprint density at radius 1 is 1.50 bits per heavy atom. The molecule has 2 rings (SSSR count). The maximum absolute atomic E-state index is 13.7. The molecule has 22 heavy (non-hydrogen) atoms. The van der Waals surface area contributed by atoms with Gasteiger partial charge >= 0.3 is 7.60 Å². The lowest BCUT2D eigenvalue weighted by Gasteiger charge is -2.17. The van der Waals surface area contributed by atoms with E-state index in [1.165, 1.54) is 17.2 Å². The molecule has 0 bridgehead atoms. The van der Waals surface area contributed by atoms with Crippen LogP contribution in [0.25, 0.3) is 11.2 Å². The lowest BCUT2D eigenvalue weighted by atomic mass is 10.2. The number of halogens is 1. The molecule has 0 aliphatic heterocycles. The molecule has 9 nitrogen and oxygen atoms in total. The van der Waals surface area contributed by atoms with E-state index >= 15 is 0 Å².